The first-order chi connectivity index (χ1) is 9.19. The molecule has 4 atom stereocenters. The number of hydrogen-bond acceptors (Lipinski definition) is 1. The van der Waals surface area contributed by atoms with Crippen molar-refractivity contribution < 1.29 is 0 Å². The third-order valence-electron chi connectivity index (χ3n) is 5.79. The number of nitrogens with one attached hydrogen (secondary N) is 1. The highest BCUT2D eigenvalue weighted by molar-refractivity contribution is 5.35. The Hall–Kier alpha value is -0.820. The van der Waals surface area contributed by atoms with E-state index in [9.17, 15) is 0 Å². The molecule has 0 aromatic heterocycles. The third-order valence-corrected chi connectivity index (χ3v) is 5.79. The number of rotatable bonds is 4. The molecule has 1 nitrogen and oxygen atoms in total. The van der Waals surface area contributed by atoms with E-state index in [1.807, 2.05) is 0 Å². The van der Waals surface area contributed by atoms with Crippen molar-refractivity contribution in [1.29, 1.82) is 0 Å². The summed E-state index contributed by atoms with van der Waals surface area (Å²) in [4.78, 5) is 0. The molecular weight excluding hydrogens is 230 g/mol. The van der Waals surface area contributed by atoms with Gasteiger partial charge in [-0.15, -0.1) is 0 Å². The Morgan fingerprint density at radius 3 is 2.68 bits per heavy atom. The monoisotopic (exact) mass is 257 g/mol. The van der Waals surface area contributed by atoms with E-state index < -0.39 is 0 Å². The van der Waals surface area contributed by atoms with Gasteiger partial charge in [0.05, 0.1) is 0 Å². The fraction of sp³-hybridized carbons (Fsp3) is 0.667. The van der Waals surface area contributed by atoms with Gasteiger partial charge in [-0.1, -0.05) is 24.6 Å². The molecule has 2 saturated carbocycles. The highest BCUT2D eigenvalue weighted by Crippen LogP contribution is 2.51. The topological polar surface area (TPSA) is 12.0 Å². The molecule has 0 aliphatic heterocycles. The normalized spacial score (nSPS) is 30.8. The Labute approximate surface area is 117 Å². The average molecular weight is 257 g/mol. The van der Waals surface area contributed by atoms with Crippen molar-refractivity contribution in [2.45, 2.75) is 52.0 Å². The first-order valence-corrected chi connectivity index (χ1v) is 7.92. The SMILES string of the molecule is CNC(CC1CC2CCC1C2)c1cccc(C)c1C. The van der Waals surface area contributed by atoms with Crippen LogP contribution in [-0.4, -0.2) is 7.05 Å². The van der Waals surface area contributed by atoms with Crippen LogP contribution in [0, 0.1) is 31.6 Å². The second-order valence-electron chi connectivity index (χ2n) is 6.80. The van der Waals surface area contributed by atoms with Gasteiger partial charge in [0.25, 0.3) is 0 Å². The van der Waals surface area contributed by atoms with E-state index in [2.05, 4.69) is 44.4 Å². The van der Waals surface area contributed by atoms with Crippen LogP contribution in [0.1, 0.15) is 54.8 Å². The summed E-state index contributed by atoms with van der Waals surface area (Å²) in [5.74, 6) is 3.06. The van der Waals surface area contributed by atoms with Crippen molar-refractivity contribution in [2.24, 2.45) is 17.8 Å². The van der Waals surface area contributed by atoms with E-state index in [0.29, 0.717) is 6.04 Å². The molecule has 2 fully saturated rings. The summed E-state index contributed by atoms with van der Waals surface area (Å²) in [7, 11) is 2.12. The Bertz CT molecular complexity index is 451. The molecule has 0 amide bonds. The number of fused-ring (bicyclic) bond motifs is 2. The van der Waals surface area contributed by atoms with Crippen LogP contribution in [0.3, 0.4) is 0 Å². The van der Waals surface area contributed by atoms with Crippen LogP contribution in [0.15, 0.2) is 18.2 Å². The summed E-state index contributed by atoms with van der Waals surface area (Å²) in [6.07, 6.45) is 7.36. The Kier molecular flexibility index (Phi) is 3.66. The number of benzene rings is 1. The molecular formula is C18H27N. The predicted octanol–water partition coefficient (Wildman–Crippen LogP) is 4.39. The highest BCUT2D eigenvalue weighted by atomic mass is 14.9. The number of hydrogen-bond donors (Lipinski definition) is 1. The molecule has 2 bridgehead atoms. The molecule has 1 aromatic rings. The standard InChI is InChI=1S/C18H27N/c1-12-5-4-6-17(13(12)2)18(19-3)11-16-10-14-7-8-15(16)9-14/h4-6,14-16,18-19H,7-11H2,1-3H3. The van der Waals surface area contributed by atoms with Gasteiger partial charge in [-0.2, -0.15) is 0 Å². The molecule has 0 saturated heterocycles. The third kappa shape index (κ3) is 2.45. The van der Waals surface area contributed by atoms with Crippen molar-refractivity contribution in [1.82, 2.24) is 5.32 Å². The Morgan fingerprint density at radius 1 is 1.21 bits per heavy atom. The van der Waals surface area contributed by atoms with Crippen molar-refractivity contribution in [3.05, 3.63) is 34.9 Å². The second kappa shape index (κ2) is 5.28. The van der Waals surface area contributed by atoms with Gasteiger partial charge < -0.3 is 5.32 Å². The maximum atomic E-state index is 3.57. The summed E-state index contributed by atoms with van der Waals surface area (Å²) in [5.41, 5.74) is 4.42. The average Bonchev–Trinajstić information content (AvgIpc) is 3.02. The lowest BCUT2D eigenvalue weighted by Gasteiger charge is -2.28. The minimum absolute atomic E-state index is 0.546. The van der Waals surface area contributed by atoms with Crippen molar-refractivity contribution in [2.75, 3.05) is 7.05 Å². The largest absolute Gasteiger partial charge is 0.313 e. The fourth-order valence-corrected chi connectivity index (χ4v) is 4.52. The molecule has 2 aliphatic rings. The van der Waals surface area contributed by atoms with Gasteiger partial charge >= 0.3 is 0 Å². The minimum atomic E-state index is 0.546. The van der Waals surface area contributed by atoms with Gasteiger partial charge in [0.15, 0.2) is 0 Å². The van der Waals surface area contributed by atoms with Crippen molar-refractivity contribution in [3.8, 4) is 0 Å². The molecule has 3 rings (SSSR count). The van der Waals surface area contributed by atoms with E-state index in [4.69, 9.17) is 0 Å². The molecule has 0 radical (unpaired) electrons. The highest BCUT2D eigenvalue weighted by Gasteiger charge is 2.40. The molecule has 0 spiro atoms. The molecule has 1 heteroatoms. The molecule has 19 heavy (non-hydrogen) atoms. The van der Waals surface area contributed by atoms with Crippen molar-refractivity contribution >= 4 is 0 Å². The Morgan fingerprint density at radius 2 is 2.05 bits per heavy atom. The molecule has 0 heterocycles. The quantitative estimate of drug-likeness (QED) is 0.843. The lowest BCUT2D eigenvalue weighted by atomic mass is 9.82. The lowest BCUT2D eigenvalue weighted by molar-refractivity contribution is 0.284. The van der Waals surface area contributed by atoms with Gasteiger partial charge in [0, 0.05) is 6.04 Å². The van der Waals surface area contributed by atoms with Crippen LogP contribution in [0.25, 0.3) is 0 Å². The minimum Gasteiger partial charge on any atom is -0.313 e. The van der Waals surface area contributed by atoms with Crippen molar-refractivity contribution in [3.63, 3.8) is 0 Å². The van der Waals surface area contributed by atoms with E-state index in [1.165, 1.54) is 48.8 Å². The predicted molar refractivity (Wildman–Crippen MR) is 81.3 cm³/mol. The molecule has 2 aliphatic carbocycles. The summed E-state index contributed by atoms with van der Waals surface area (Å²) < 4.78 is 0. The van der Waals surface area contributed by atoms with Gasteiger partial charge in [-0.25, -0.2) is 0 Å². The van der Waals surface area contributed by atoms with Crippen LogP contribution in [0.2, 0.25) is 0 Å². The zero-order chi connectivity index (χ0) is 13.4. The van der Waals surface area contributed by atoms with Crippen LogP contribution in [0.5, 0.6) is 0 Å². The van der Waals surface area contributed by atoms with Crippen LogP contribution >= 0.6 is 0 Å². The Balaban J connectivity index is 1.75. The fourth-order valence-electron chi connectivity index (χ4n) is 4.52. The van der Waals surface area contributed by atoms with E-state index in [0.717, 1.165) is 17.8 Å². The van der Waals surface area contributed by atoms with Gasteiger partial charge in [-0.3, -0.25) is 0 Å². The summed E-state index contributed by atoms with van der Waals surface area (Å²) in [6.45, 7) is 4.50. The van der Waals surface area contributed by atoms with E-state index >= 15 is 0 Å². The molecule has 4 unspecified atom stereocenters. The van der Waals surface area contributed by atoms with Crippen LogP contribution in [0.4, 0.5) is 0 Å². The summed E-state index contributed by atoms with van der Waals surface area (Å²) in [5, 5.41) is 3.57. The smallest absolute Gasteiger partial charge is 0.0322 e. The molecule has 1 N–H and O–H groups in total. The molecule has 1 aromatic carbocycles. The van der Waals surface area contributed by atoms with E-state index in [-0.39, 0.29) is 0 Å². The van der Waals surface area contributed by atoms with Crippen LogP contribution in [-0.2, 0) is 0 Å². The van der Waals surface area contributed by atoms with Gasteiger partial charge in [0.1, 0.15) is 0 Å². The molecule has 104 valence electrons. The maximum Gasteiger partial charge on any atom is 0.0322 e. The number of aryl methyl sites for hydroxylation is 1. The lowest BCUT2D eigenvalue weighted by Crippen LogP contribution is -2.23. The maximum absolute atomic E-state index is 3.57. The first-order valence-electron chi connectivity index (χ1n) is 7.92. The second-order valence-corrected chi connectivity index (χ2v) is 6.80. The zero-order valence-corrected chi connectivity index (χ0v) is 12.6. The summed E-state index contributed by atoms with van der Waals surface area (Å²) in [6, 6.07) is 7.30. The first kappa shape index (κ1) is 13.2. The van der Waals surface area contributed by atoms with Gasteiger partial charge in [-0.05, 0) is 81.0 Å². The van der Waals surface area contributed by atoms with E-state index in [1.54, 1.807) is 0 Å². The van der Waals surface area contributed by atoms with Gasteiger partial charge in [0.2, 0.25) is 0 Å². The van der Waals surface area contributed by atoms with Crippen LogP contribution < -0.4 is 5.32 Å². The zero-order valence-electron chi connectivity index (χ0n) is 12.6. The summed E-state index contributed by atoms with van der Waals surface area (Å²) >= 11 is 0.